The molecule has 0 radical (unpaired) electrons. The van der Waals surface area contributed by atoms with Crippen LogP contribution in [-0.4, -0.2) is 6.04 Å². The average molecular weight is 552 g/mol. The van der Waals surface area contributed by atoms with Gasteiger partial charge < -0.3 is 4.90 Å². The molecule has 42 heavy (non-hydrogen) atoms. The Hall–Kier alpha value is -4.10. The van der Waals surface area contributed by atoms with Crippen LogP contribution in [-0.2, 0) is 0 Å². The molecular weight excluding hydrogens is 506 g/mol. The molecule has 0 N–H and O–H groups in total. The fourth-order valence-electron chi connectivity index (χ4n) is 6.53. The highest BCUT2D eigenvalue weighted by molar-refractivity contribution is 5.96. The Bertz CT molecular complexity index is 1640. The first-order chi connectivity index (χ1) is 20.4. The monoisotopic (exact) mass is 551 g/mol. The molecule has 5 rings (SSSR count). The Morgan fingerprint density at radius 2 is 1.74 bits per heavy atom. The highest BCUT2D eigenvalue weighted by Crippen LogP contribution is 2.39. The van der Waals surface area contributed by atoms with Crippen LogP contribution in [0.1, 0.15) is 66.7 Å². The van der Waals surface area contributed by atoms with Crippen molar-refractivity contribution in [2.45, 2.75) is 72.8 Å². The van der Waals surface area contributed by atoms with Gasteiger partial charge in [0.2, 0.25) is 0 Å². The maximum absolute atomic E-state index is 4.48. The molecule has 0 unspecified atom stereocenters. The number of fused-ring (bicyclic) bond motifs is 1. The molecule has 1 nitrogen and oxygen atoms in total. The molecule has 0 aromatic heterocycles. The van der Waals surface area contributed by atoms with E-state index in [0.717, 1.165) is 37.7 Å². The van der Waals surface area contributed by atoms with Gasteiger partial charge >= 0.3 is 0 Å². The van der Waals surface area contributed by atoms with Gasteiger partial charge in [0.25, 0.3) is 0 Å². The number of hydrogen-bond acceptors (Lipinski definition) is 1. The first kappa shape index (κ1) is 29.4. The molecule has 3 aromatic carbocycles. The molecule has 0 spiro atoms. The lowest BCUT2D eigenvalue weighted by Gasteiger charge is -2.38. The van der Waals surface area contributed by atoms with Crippen LogP contribution in [0.2, 0.25) is 0 Å². The minimum atomic E-state index is 0.259. The Morgan fingerprint density at radius 3 is 2.43 bits per heavy atom. The Kier molecular flexibility index (Phi) is 9.28. The van der Waals surface area contributed by atoms with Crippen molar-refractivity contribution in [2.75, 3.05) is 4.90 Å². The summed E-state index contributed by atoms with van der Waals surface area (Å²) in [7, 11) is 0. The summed E-state index contributed by atoms with van der Waals surface area (Å²) in [5, 5.41) is 2.58. The Labute approximate surface area is 253 Å². The van der Waals surface area contributed by atoms with E-state index in [0.29, 0.717) is 0 Å². The summed E-state index contributed by atoms with van der Waals surface area (Å²) in [6, 6.07) is 24.8. The molecule has 3 aromatic rings. The van der Waals surface area contributed by atoms with Crippen molar-refractivity contribution in [1.29, 1.82) is 0 Å². The fraction of sp³-hybridized carbons (Fsp3) is 0.268. The van der Waals surface area contributed by atoms with Crippen LogP contribution < -0.4 is 4.90 Å². The summed E-state index contributed by atoms with van der Waals surface area (Å²) in [5.74, 6) is 0. The van der Waals surface area contributed by atoms with Gasteiger partial charge in [0, 0.05) is 11.4 Å². The van der Waals surface area contributed by atoms with Gasteiger partial charge in [0.05, 0.1) is 6.04 Å². The Balaban J connectivity index is 1.53. The van der Waals surface area contributed by atoms with Crippen LogP contribution in [0.25, 0.3) is 21.9 Å². The quantitative estimate of drug-likeness (QED) is 0.239. The molecule has 1 atom stereocenters. The zero-order valence-corrected chi connectivity index (χ0v) is 26.1. The first-order valence-electron chi connectivity index (χ1n) is 15.6. The molecule has 0 fully saturated rings. The number of benzene rings is 3. The highest BCUT2D eigenvalue weighted by atomic mass is 15.2. The normalized spacial score (nSPS) is 16.9. The minimum absolute atomic E-state index is 0.259. The summed E-state index contributed by atoms with van der Waals surface area (Å²) in [5.41, 5.74) is 13.1. The lowest BCUT2D eigenvalue weighted by molar-refractivity contribution is 0.697. The number of hydrogen-bond donors (Lipinski definition) is 0. The molecule has 0 saturated carbocycles. The van der Waals surface area contributed by atoms with Gasteiger partial charge in [-0.2, -0.15) is 0 Å². The third-order valence-corrected chi connectivity index (χ3v) is 8.65. The lowest BCUT2D eigenvalue weighted by atomic mass is 9.88. The van der Waals surface area contributed by atoms with Gasteiger partial charge in [0.1, 0.15) is 0 Å². The Morgan fingerprint density at radius 1 is 0.976 bits per heavy atom. The van der Waals surface area contributed by atoms with Crippen LogP contribution in [0.4, 0.5) is 5.69 Å². The van der Waals surface area contributed by atoms with E-state index in [2.05, 4.69) is 149 Å². The van der Waals surface area contributed by atoms with Gasteiger partial charge in [-0.15, -0.1) is 0 Å². The average Bonchev–Trinajstić information content (AvgIpc) is 3.01. The topological polar surface area (TPSA) is 3.24 Å². The van der Waals surface area contributed by atoms with Crippen molar-refractivity contribution in [1.82, 2.24) is 0 Å². The lowest BCUT2D eigenvalue weighted by Crippen LogP contribution is -2.35. The first-order valence-corrected chi connectivity index (χ1v) is 15.6. The maximum Gasteiger partial charge on any atom is 0.0557 e. The van der Waals surface area contributed by atoms with Crippen molar-refractivity contribution in [3.05, 3.63) is 149 Å². The number of rotatable bonds is 9. The summed E-state index contributed by atoms with van der Waals surface area (Å²) in [6.07, 6.45) is 19.2. The summed E-state index contributed by atoms with van der Waals surface area (Å²) >= 11 is 0. The van der Waals surface area contributed by atoms with E-state index in [1.54, 1.807) is 0 Å². The summed E-state index contributed by atoms with van der Waals surface area (Å²) in [6.45, 7) is 15.5. The fourth-order valence-corrected chi connectivity index (χ4v) is 6.53. The van der Waals surface area contributed by atoms with E-state index in [1.807, 2.05) is 0 Å². The van der Waals surface area contributed by atoms with Crippen LogP contribution in [0.3, 0.4) is 0 Å². The van der Waals surface area contributed by atoms with Crippen molar-refractivity contribution in [3.8, 4) is 11.1 Å². The maximum atomic E-state index is 4.48. The van der Waals surface area contributed by atoms with Crippen LogP contribution in [0.15, 0.2) is 149 Å². The molecule has 2 aliphatic carbocycles. The van der Waals surface area contributed by atoms with Crippen LogP contribution >= 0.6 is 0 Å². The second-order valence-corrected chi connectivity index (χ2v) is 11.8. The summed E-state index contributed by atoms with van der Waals surface area (Å²) < 4.78 is 0. The zero-order valence-electron chi connectivity index (χ0n) is 26.1. The second kappa shape index (κ2) is 13.3. The third kappa shape index (κ3) is 6.07. The van der Waals surface area contributed by atoms with Crippen LogP contribution in [0, 0.1) is 0 Å². The number of nitrogens with zero attached hydrogens (tertiary/aromatic N) is 1. The zero-order chi connectivity index (χ0) is 29.6. The molecule has 0 bridgehead atoms. The van der Waals surface area contributed by atoms with E-state index < -0.39 is 0 Å². The minimum Gasteiger partial charge on any atom is -0.338 e. The highest BCUT2D eigenvalue weighted by Gasteiger charge is 2.26. The van der Waals surface area contributed by atoms with Gasteiger partial charge in [-0.1, -0.05) is 122 Å². The van der Waals surface area contributed by atoms with Crippen molar-refractivity contribution in [2.24, 2.45) is 0 Å². The van der Waals surface area contributed by atoms with Crippen molar-refractivity contribution >= 4 is 16.5 Å². The van der Waals surface area contributed by atoms with E-state index >= 15 is 0 Å². The molecule has 0 amide bonds. The van der Waals surface area contributed by atoms with E-state index in [9.17, 15) is 0 Å². The molecule has 0 heterocycles. The van der Waals surface area contributed by atoms with E-state index in [4.69, 9.17) is 0 Å². The van der Waals surface area contributed by atoms with Crippen LogP contribution in [0.5, 0.6) is 0 Å². The summed E-state index contributed by atoms with van der Waals surface area (Å²) in [4.78, 5) is 2.63. The predicted molar refractivity (Wildman–Crippen MR) is 185 cm³/mol. The molecule has 0 saturated heterocycles. The number of allylic oxidation sites excluding steroid dienone is 11. The van der Waals surface area contributed by atoms with E-state index in [1.165, 1.54) is 61.1 Å². The predicted octanol–water partition coefficient (Wildman–Crippen LogP) is 11.8. The van der Waals surface area contributed by atoms with Gasteiger partial charge in [-0.3, -0.25) is 0 Å². The molecule has 0 aliphatic heterocycles. The van der Waals surface area contributed by atoms with Gasteiger partial charge in [0.15, 0.2) is 0 Å². The molecule has 1 heteroatoms. The van der Waals surface area contributed by atoms with E-state index in [-0.39, 0.29) is 6.04 Å². The molecular formula is C41H45N. The second-order valence-electron chi connectivity index (χ2n) is 11.8. The largest absolute Gasteiger partial charge is 0.338 e. The molecule has 214 valence electrons. The third-order valence-electron chi connectivity index (χ3n) is 8.65. The number of anilines is 1. The SMILES string of the molecule is C=C(C1=CC[C@@H](N(C2=C(CCC)C(C)=CCC2)c2ccc(-c3cccc4ccccc34)cc2)C=C1)C(/C=C\C)=C(C)C. The van der Waals surface area contributed by atoms with Gasteiger partial charge in [-0.25, -0.2) is 0 Å². The van der Waals surface area contributed by atoms with Crippen molar-refractivity contribution in [3.63, 3.8) is 0 Å². The smallest absolute Gasteiger partial charge is 0.0557 e. The standard InChI is InChI=1S/C41H45N/c1-7-13-37(29(3)4)31(6)32-21-25-35(26-22-32)42(41-20-11-15-30(5)38(41)14-8-2)36-27-23-34(24-28-36)40-19-12-17-33-16-9-10-18-39(33)40/h7,9-10,12-13,15-19,21-25,27-28,35H,6,8,11,14,20,26H2,1-5H3/b13-7-/t35-/m0/s1. The van der Waals surface area contributed by atoms with Gasteiger partial charge in [-0.05, 0) is 110 Å². The van der Waals surface area contributed by atoms with Crippen molar-refractivity contribution < 1.29 is 0 Å². The molecule has 2 aliphatic rings.